The molecule has 1 saturated carbocycles. The minimum atomic E-state index is 0.0512. The van der Waals surface area contributed by atoms with Gasteiger partial charge in [-0.25, -0.2) is 0 Å². The van der Waals surface area contributed by atoms with Crippen LogP contribution in [0.5, 0.6) is 0 Å². The zero-order valence-corrected chi connectivity index (χ0v) is 18.2. The molecule has 1 saturated heterocycles. The van der Waals surface area contributed by atoms with Gasteiger partial charge in [0.1, 0.15) is 0 Å². The molecule has 0 atom stereocenters. The maximum Gasteiger partial charge on any atom is 0.242 e. The van der Waals surface area contributed by atoms with Crippen LogP contribution in [0.25, 0.3) is 11.3 Å². The van der Waals surface area contributed by atoms with E-state index in [1.54, 1.807) is 4.90 Å². The van der Waals surface area contributed by atoms with Crippen molar-refractivity contribution in [2.24, 2.45) is 5.92 Å². The Labute approximate surface area is 184 Å². The molecule has 2 aliphatic rings. The number of piperazine rings is 1. The van der Waals surface area contributed by atoms with Crippen molar-refractivity contribution in [1.29, 1.82) is 0 Å². The SMILES string of the molecule is CCCCN(CC(=O)N1CCN(c2ccc(-c3ccccc3)nn2)CC1)C(=O)C1CC1. The van der Waals surface area contributed by atoms with E-state index in [4.69, 9.17) is 0 Å². The molecule has 0 unspecified atom stereocenters. The van der Waals surface area contributed by atoms with Crippen molar-refractivity contribution in [3.63, 3.8) is 0 Å². The number of hydrogen-bond acceptors (Lipinski definition) is 5. The van der Waals surface area contributed by atoms with Crippen molar-refractivity contribution in [3.8, 4) is 11.3 Å². The molecule has 31 heavy (non-hydrogen) atoms. The molecular weight excluding hydrogens is 390 g/mol. The summed E-state index contributed by atoms with van der Waals surface area (Å²) < 4.78 is 0. The lowest BCUT2D eigenvalue weighted by Gasteiger charge is -2.36. The molecule has 1 aliphatic carbocycles. The van der Waals surface area contributed by atoms with Crippen LogP contribution < -0.4 is 4.90 Å². The first kappa shape index (κ1) is 21.3. The van der Waals surface area contributed by atoms with Gasteiger partial charge < -0.3 is 14.7 Å². The minimum absolute atomic E-state index is 0.0512. The van der Waals surface area contributed by atoms with E-state index in [1.165, 1.54) is 0 Å². The second kappa shape index (κ2) is 9.90. The molecule has 1 aliphatic heterocycles. The van der Waals surface area contributed by atoms with Crippen LogP contribution in [0, 0.1) is 5.92 Å². The highest BCUT2D eigenvalue weighted by Gasteiger charge is 2.34. The van der Waals surface area contributed by atoms with Crippen LogP contribution in [0.1, 0.15) is 32.6 Å². The number of hydrogen-bond donors (Lipinski definition) is 0. The maximum atomic E-state index is 12.8. The summed E-state index contributed by atoms with van der Waals surface area (Å²) in [6.07, 6.45) is 3.90. The van der Waals surface area contributed by atoms with Gasteiger partial charge >= 0.3 is 0 Å². The van der Waals surface area contributed by atoms with E-state index in [-0.39, 0.29) is 24.3 Å². The number of rotatable bonds is 8. The number of anilines is 1. The monoisotopic (exact) mass is 421 g/mol. The molecule has 164 valence electrons. The number of nitrogens with zero attached hydrogens (tertiary/aromatic N) is 5. The Hall–Kier alpha value is -2.96. The fourth-order valence-corrected chi connectivity index (χ4v) is 3.91. The van der Waals surface area contributed by atoms with E-state index in [9.17, 15) is 9.59 Å². The Morgan fingerprint density at radius 3 is 2.35 bits per heavy atom. The van der Waals surface area contributed by atoms with Crippen molar-refractivity contribution in [2.75, 3.05) is 44.2 Å². The van der Waals surface area contributed by atoms with Gasteiger partial charge in [-0.15, -0.1) is 10.2 Å². The third kappa shape index (κ3) is 5.40. The Morgan fingerprint density at radius 2 is 1.74 bits per heavy atom. The first-order valence-electron chi connectivity index (χ1n) is 11.4. The molecule has 0 spiro atoms. The zero-order valence-electron chi connectivity index (χ0n) is 18.2. The van der Waals surface area contributed by atoms with Gasteiger partial charge in [-0.05, 0) is 31.4 Å². The van der Waals surface area contributed by atoms with Crippen molar-refractivity contribution in [2.45, 2.75) is 32.6 Å². The van der Waals surface area contributed by atoms with Crippen LogP contribution >= 0.6 is 0 Å². The number of benzene rings is 1. The Bertz CT molecular complexity index is 875. The number of unbranched alkanes of at least 4 members (excludes halogenated alkanes) is 1. The molecule has 0 bridgehead atoms. The summed E-state index contributed by atoms with van der Waals surface area (Å²) in [7, 11) is 0. The van der Waals surface area contributed by atoms with Gasteiger partial charge in [-0.1, -0.05) is 43.7 Å². The van der Waals surface area contributed by atoms with Gasteiger partial charge in [-0.2, -0.15) is 0 Å². The Kier molecular flexibility index (Phi) is 6.79. The molecule has 0 radical (unpaired) electrons. The summed E-state index contributed by atoms with van der Waals surface area (Å²) in [5.74, 6) is 1.20. The Morgan fingerprint density at radius 1 is 1.00 bits per heavy atom. The van der Waals surface area contributed by atoms with Gasteiger partial charge in [0.15, 0.2) is 5.82 Å². The van der Waals surface area contributed by atoms with Gasteiger partial charge in [-0.3, -0.25) is 9.59 Å². The third-order valence-electron chi connectivity index (χ3n) is 6.02. The molecule has 1 aromatic heterocycles. The molecule has 2 amide bonds. The van der Waals surface area contributed by atoms with Crippen LogP contribution in [0.3, 0.4) is 0 Å². The summed E-state index contributed by atoms with van der Waals surface area (Å²) in [5.41, 5.74) is 1.90. The van der Waals surface area contributed by atoms with Crippen LogP contribution in [-0.4, -0.2) is 71.1 Å². The lowest BCUT2D eigenvalue weighted by Crippen LogP contribution is -2.52. The quantitative estimate of drug-likeness (QED) is 0.656. The number of carbonyl (C=O) groups is 2. The summed E-state index contributed by atoms with van der Waals surface area (Å²) in [4.78, 5) is 31.2. The van der Waals surface area contributed by atoms with Crippen LogP contribution in [0.4, 0.5) is 5.82 Å². The zero-order chi connectivity index (χ0) is 21.6. The first-order valence-corrected chi connectivity index (χ1v) is 11.4. The normalized spacial score (nSPS) is 16.3. The maximum absolute atomic E-state index is 12.8. The summed E-state index contributed by atoms with van der Waals surface area (Å²) in [6.45, 7) is 5.71. The molecule has 4 rings (SSSR count). The van der Waals surface area contributed by atoms with Gasteiger partial charge in [0.25, 0.3) is 0 Å². The second-order valence-electron chi connectivity index (χ2n) is 8.40. The van der Waals surface area contributed by atoms with Crippen LogP contribution in [0.15, 0.2) is 42.5 Å². The fraction of sp³-hybridized carbons (Fsp3) is 0.500. The fourth-order valence-electron chi connectivity index (χ4n) is 3.91. The van der Waals surface area contributed by atoms with Gasteiger partial charge in [0, 0.05) is 44.2 Å². The summed E-state index contributed by atoms with van der Waals surface area (Å²) >= 11 is 0. The van der Waals surface area contributed by atoms with Crippen molar-refractivity contribution in [1.82, 2.24) is 20.0 Å². The van der Waals surface area contributed by atoms with Crippen LogP contribution in [-0.2, 0) is 9.59 Å². The number of aromatic nitrogens is 2. The van der Waals surface area contributed by atoms with E-state index >= 15 is 0 Å². The topological polar surface area (TPSA) is 69.6 Å². The predicted molar refractivity (Wildman–Crippen MR) is 120 cm³/mol. The highest BCUT2D eigenvalue weighted by molar-refractivity contribution is 5.87. The average molecular weight is 422 g/mol. The lowest BCUT2D eigenvalue weighted by molar-refractivity contribution is -0.141. The largest absolute Gasteiger partial charge is 0.352 e. The molecule has 2 fully saturated rings. The van der Waals surface area contributed by atoms with E-state index in [2.05, 4.69) is 22.0 Å². The standard InChI is InChI=1S/C24H31N5O2/c1-2-3-13-29(24(31)20-9-10-20)18-23(30)28-16-14-27(15-17-28)22-12-11-21(25-26-22)19-7-5-4-6-8-19/h4-8,11-12,20H,2-3,9-10,13-18H2,1H3. The first-order chi connectivity index (χ1) is 15.2. The molecule has 0 N–H and O–H groups in total. The number of amides is 2. The second-order valence-corrected chi connectivity index (χ2v) is 8.40. The van der Waals surface area contributed by atoms with Crippen molar-refractivity contribution in [3.05, 3.63) is 42.5 Å². The third-order valence-corrected chi connectivity index (χ3v) is 6.02. The molecule has 7 heteroatoms. The van der Waals surface area contributed by atoms with E-state index in [0.29, 0.717) is 19.6 Å². The summed E-state index contributed by atoms with van der Waals surface area (Å²) in [6, 6.07) is 14.0. The van der Waals surface area contributed by atoms with Gasteiger partial charge in [0.2, 0.25) is 11.8 Å². The summed E-state index contributed by atoms with van der Waals surface area (Å²) in [5, 5.41) is 8.77. The molecular formula is C24H31N5O2. The van der Waals surface area contributed by atoms with Crippen LogP contribution in [0.2, 0.25) is 0 Å². The van der Waals surface area contributed by atoms with Crippen molar-refractivity contribution >= 4 is 17.6 Å². The number of carbonyl (C=O) groups excluding carboxylic acids is 2. The highest BCUT2D eigenvalue weighted by atomic mass is 16.2. The average Bonchev–Trinajstić information content (AvgIpc) is 3.67. The van der Waals surface area contributed by atoms with E-state index < -0.39 is 0 Å². The molecule has 2 aromatic rings. The van der Waals surface area contributed by atoms with Crippen molar-refractivity contribution < 1.29 is 9.59 Å². The minimum Gasteiger partial charge on any atom is -0.352 e. The van der Waals surface area contributed by atoms with E-state index in [0.717, 1.165) is 55.8 Å². The smallest absolute Gasteiger partial charge is 0.242 e. The molecule has 2 heterocycles. The lowest BCUT2D eigenvalue weighted by atomic mass is 10.1. The molecule has 1 aromatic carbocycles. The predicted octanol–water partition coefficient (Wildman–Crippen LogP) is 2.83. The molecule has 7 nitrogen and oxygen atoms in total. The van der Waals surface area contributed by atoms with E-state index in [1.807, 2.05) is 47.4 Å². The highest BCUT2D eigenvalue weighted by Crippen LogP contribution is 2.31. The Balaban J connectivity index is 1.30. The van der Waals surface area contributed by atoms with Gasteiger partial charge in [0.05, 0.1) is 12.2 Å².